The van der Waals surface area contributed by atoms with E-state index in [2.05, 4.69) is 34.3 Å². The summed E-state index contributed by atoms with van der Waals surface area (Å²) in [6.07, 6.45) is 47.0. The predicted octanol–water partition coefficient (Wildman–Crippen LogP) is 14.9. The van der Waals surface area contributed by atoms with Gasteiger partial charge < -0.3 is 39.7 Å². The summed E-state index contributed by atoms with van der Waals surface area (Å²) >= 11 is 0. The molecule has 2 unspecified atom stereocenters. The molecular weight excluding hydrogens is 973 g/mol. The zero-order valence-corrected chi connectivity index (χ0v) is 53.5. The monoisotopic (exact) mass is 1110 g/mol. The number of nitrogens with zero attached hydrogens (tertiary/aromatic N) is 4. The molecule has 462 valence electrons. The van der Waals surface area contributed by atoms with E-state index in [9.17, 15) is 19.2 Å². The molecule has 0 aromatic carbocycles. The molecule has 0 fully saturated rings. The standard InChI is InChI=1S/C66H132N6O6/c1-11-13-15-17-19-21-23-25-27-29-31-33-35-37-39-41-43-47-61(73)71(53-45-51-69(7)8)63(59(3)4)65(75)67-49-55-77-57-58-78-56-50-68-66(76)64(60(5)6)72(54-46-52-70(9)10)62(74)48-44-42-40-38-36-34-32-30-28-26-24-22-20-18-16-14-12-2/h59-60,63-64H,11-58H2,1-10H3,(H,67,75)(H,68,76). The Morgan fingerprint density at radius 1 is 0.333 bits per heavy atom. The van der Waals surface area contributed by atoms with Crippen molar-refractivity contribution in [2.75, 3.05) is 93.9 Å². The van der Waals surface area contributed by atoms with Crippen LogP contribution in [0.15, 0.2) is 0 Å². The fraction of sp³-hybridized carbons (Fsp3) is 0.939. The lowest BCUT2D eigenvalue weighted by Crippen LogP contribution is -2.53. The van der Waals surface area contributed by atoms with Crippen LogP contribution in [0, 0.1) is 11.8 Å². The van der Waals surface area contributed by atoms with Crippen molar-refractivity contribution in [3.05, 3.63) is 0 Å². The molecule has 0 aromatic rings. The van der Waals surface area contributed by atoms with E-state index in [1.165, 1.54) is 193 Å². The maximum absolute atomic E-state index is 13.7. The van der Waals surface area contributed by atoms with Gasteiger partial charge in [-0.2, -0.15) is 0 Å². The molecule has 0 aliphatic heterocycles. The molecule has 0 rings (SSSR count). The average molecular weight is 1110 g/mol. The molecule has 78 heavy (non-hydrogen) atoms. The van der Waals surface area contributed by atoms with E-state index in [1.807, 2.05) is 65.7 Å². The molecular formula is C66H132N6O6. The van der Waals surface area contributed by atoms with E-state index >= 15 is 0 Å². The predicted molar refractivity (Wildman–Crippen MR) is 332 cm³/mol. The second-order valence-corrected chi connectivity index (χ2v) is 24.5. The smallest absolute Gasteiger partial charge is 0.243 e. The largest absolute Gasteiger partial charge is 0.377 e. The van der Waals surface area contributed by atoms with Crippen LogP contribution in [-0.4, -0.2) is 149 Å². The van der Waals surface area contributed by atoms with Gasteiger partial charge in [-0.25, -0.2) is 0 Å². The van der Waals surface area contributed by atoms with Gasteiger partial charge in [-0.1, -0.05) is 247 Å². The van der Waals surface area contributed by atoms with E-state index in [0.29, 0.717) is 65.4 Å². The topological polar surface area (TPSA) is 124 Å². The third kappa shape index (κ3) is 45.3. The average Bonchev–Trinajstić information content (AvgIpc) is 3.39. The van der Waals surface area contributed by atoms with Crippen molar-refractivity contribution in [3.63, 3.8) is 0 Å². The molecule has 0 heterocycles. The number of ether oxygens (including phenoxy) is 2. The number of hydrogen-bond acceptors (Lipinski definition) is 8. The highest BCUT2D eigenvalue weighted by atomic mass is 16.5. The van der Waals surface area contributed by atoms with Crippen LogP contribution < -0.4 is 10.6 Å². The molecule has 0 saturated heterocycles. The third-order valence-corrected chi connectivity index (χ3v) is 15.6. The number of carbonyl (C=O) groups excluding carboxylic acids is 4. The van der Waals surface area contributed by atoms with Crippen LogP contribution in [0.3, 0.4) is 0 Å². The Balaban J connectivity index is 4.65. The minimum absolute atomic E-state index is 0.0282. The molecule has 0 radical (unpaired) electrons. The minimum Gasteiger partial charge on any atom is -0.377 e. The van der Waals surface area contributed by atoms with Gasteiger partial charge in [0.05, 0.1) is 26.4 Å². The van der Waals surface area contributed by atoms with Gasteiger partial charge in [0.2, 0.25) is 23.6 Å². The second kappa shape index (κ2) is 55.3. The number of amides is 4. The summed E-state index contributed by atoms with van der Waals surface area (Å²) in [5.41, 5.74) is 0. The molecule has 0 aliphatic rings. The second-order valence-electron chi connectivity index (χ2n) is 24.5. The van der Waals surface area contributed by atoms with Crippen molar-refractivity contribution in [1.82, 2.24) is 30.2 Å². The Kier molecular flexibility index (Phi) is 53.6. The summed E-state index contributed by atoms with van der Waals surface area (Å²) in [4.78, 5) is 62.8. The molecule has 2 N–H and O–H groups in total. The van der Waals surface area contributed by atoms with Crippen molar-refractivity contribution in [2.45, 2.75) is 298 Å². The summed E-state index contributed by atoms with van der Waals surface area (Å²) in [5.74, 6) is -0.160. The van der Waals surface area contributed by atoms with Crippen molar-refractivity contribution >= 4 is 23.6 Å². The first-order valence-electron chi connectivity index (χ1n) is 33.4. The number of hydrogen-bond donors (Lipinski definition) is 2. The highest BCUT2D eigenvalue weighted by Gasteiger charge is 2.33. The summed E-state index contributed by atoms with van der Waals surface area (Å²) < 4.78 is 11.6. The fourth-order valence-corrected chi connectivity index (χ4v) is 10.9. The van der Waals surface area contributed by atoms with Crippen LogP contribution in [0.25, 0.3) is 0 Å². The lowest BCUT2D eigenvalue weighted by atomic mass is 9.99. The third-order valence-electron chi connectivity index (χ3n) is 15.6. The summed E-state index contributed by atoms with van der Waals surface area (Å²) in [7, 11) is 8.16. The van der Waals surface area contributed by atoms with Gasteiger partial charge in [-0.05, 0) is 78.8 Å². The molecule has 4 amide bonds. The normalized spacial score (nSPS) is 12.5. The van der Waals surface area contributed by atoms with E-state index in [-0.39, 0.29) is 35.5 Å². The molecule has 0 spiro atoms. The Morgan fingerprint density at radius 3 is 0.808 bits per heavy atom. The highest BCUT2D eigenvalue weighted by molar-refractivity contribution is 5.88. The van der Waals surface area contributed by atoms with E-state index in [4.69, 9.17) is 9.47 Å². The first kappa shape index (κ1) is 75.7. The summed E-state index contributed by atoms with van der Waals surface area (Å²) in [6, 6.07) is -1.06. The van der Waals surface area contributed by atoms with E-state index < -0.39 is 12.1 Å². The highest BCUT2D eigenvalue weighted by Crippen LogP contribution is 2.20. The van der Waals surface area contributed by atoms with Gasteiger partial charge in [0.1, 0.15) is 12.1 Å². The molecule has 0 saturated carbocycles. The molecule has 0 aromatic heterocycles. The quantitative estimate of drug-likeness (QED) is 0.0577. The van der Waals surface area contributed by atoms with Crippen molar-refractivity contribution < 1.29 is 28.7 Å². The van der Waals surface area contributed by atoms with Crippen molar-refractivity contribution in [2.24, 2.45) is 11.8 Å². The van der Waals surface area contributed by atoms with Gasteiger partial charge in [-0.3, -0.25) is 19.2 Å². The van der Waals surface area contributed by atoms with Crippen LogP contribution >= 0.6 is 0 Å². The first-order valence-corrected chi connectivity index (χ1v) is 33.4. The van der Waals surface area contributed by atoms with E-state index in [0.717, 1.165) is 51.6 Å². The lowest BCUT2D eigenvalue weighted by Gasteiger charge is -2.34. The SMILES string of the molecule is CCCCCCCCCCCCCCCCCCCC(=O)N(CCCN(C)C)C(C(=O)NCCOCCOCCNC(=O)C(C(C)C)N(CCCN(C)C)C(=O)CCCCCCCCCCCCCCCCCCC)C(C)C. The van der Waals surface area contributed by atoms with Crippen molar-refractivity contribution in [3.8, 4) is 0 Å². The van der Waals surface area contributed by atoms with Crippen molar-refractivity contribution in [1.29, 1.82) is 0 Å². The maximum Gasteiger partial charge on any atom is 0.243 e. The van der Waals surface area contributed by atoms with Gasteiger partial charge in [0.25, 0.3) is 0 Å². The lowest BCUT2D eigenvalue weighted by molar-refractivity contribution is -0.142. The van der Waals surface area contributed by atoms with Gasteiger partial charge in [0, 0.05) is 39.0 Å². The molecule has 12 heteroatoms. The Morgan fingerprint density at radius 2 is 0.577 bits per heavy atom. The van der Waals surface area contributed by atoms with Gasteiger partial charge in [-0.15, -0.1) is 0 Å². The van der Waals surface area contributed by atoms with Crippen LogP contribution in [0.5, 0.6) is 0 Å². The van der Waals surface area contributed by atoms with Crippen LogP contribution in [0.2, 0.25) is 0 Å². The van der Waals surface area contributed by atoms with Gasteiger partial charge >= 0.3 is 0 Å². The van der Waals surface area contributed by atoms with Crippen LogP contribution in [0.1, 0.15) is 286 Å². The Labute approximate surface area is 483 Å². The Bertz CT molecular complexity index is 1270. The maximum atomic E-state index is 13.7. The fourth-order valence-electron chi connectivity index (χ4n) is 10.9. The number of unbranched alkanes of at least 4 members (excludes halogenated alkanes) is 32. The van der Waals surface area contributed by atoms with Gasteiger partial charge in [0.15, 0.2) is 0 Å². The number of nitrogens with one attached hydrogen (secondary N) is 2. The van der Waals surface area contributed by atoms with Crippen LogP contribution in [-0.2, 0) is 28.7 Å². The number of carbonyl (C=O) groups is 4. The zero-order chi connectivity index (χ0) is 57.7. The number of rotatable bonds is 59. The molecule has 2 atom stereocenters. The molecule has 0 bridgehead atoms. The van der Waals surface area contributed by atoms with E-state index in [1.54, 1.807) is 0 Å². The zero-order valence-electron chi connectivity index (χ0n) is 53.5. The first-order chi connectivity index (χ1) is 37.8. The summed E-state index contributed by atoms with van der Waals surface area (Å²) in [6.45, 7) is 17.6. The molecule has 0 aliphatic carbocycles. The Hall–Kier alpha value is -2.28. The van der Waals surface area contributed by atoms with Crippen LogP contribution in [0.4, 0.5) is 0 Å². The summed E-state index contributed by atoms with van der Waals surface area (Å²) in [5, 5.41) is 6.10. The minimum atomic E-state index is -0.531. The molecule has 12 nitrogen and oxygen atoms in total.